The largest absolute Gasteiger partial charge is 0.398 e. The van der Waals surface area contributed by atoms with E-state index in [4.69, 9.17) is 5.73 Å². The molecule has 5 heteroatoms. The van der Waals surface area contributed by atoms with E-state index in [0.717, 1.165) is 30.6 Å². The molecule has 0 saturated carbocycles. The van der Waals surface area contributed by atoms with Gasteiger partial charge in [0.1, 0.15) is 0 Å². The first-order chi connectivity index (χ1) is 9.11. The number of nitrogens with two attached hydrogens (primary N) is 1. The number of likely N-dealkylation sites (tertiary alicyclic amines) is 1. The zero-order valence-corrected chi connectivity index (χ0v) is 11.2. The molecule has 1 aromatic rings. The first kappa shape index (κ1) is 13.8. The molecule has 5 nitrogen and oxygen atoms in total. The Kier molecular flexibility index (Phi) is 4.39. The predicted octanol–water partition coefficient (Wildman–Crippen LogP) is 0.972. The van der Waals surface area contributed by atoms with Crippen molar-refractivity contribution in [1.82, 2.24) is 4.90 Å². The van der Waals surface area contributed by atoms with Gasteiger partial charge in [0.2, 0.25) is 5.91 Å². The van der Waals surface area contributed by atoms with Crippen LogP contribution in [0.3, 0.4) is 0 Å². The molecule has 1 amide bonds. The van der Waals surface area contributed by atoms with Crippen molar-refractivity contribution in [3.8, 4) is 0 Å². The van der Waals surface area contributed by atoms with Crippen molar-refractivity contribution >= 4 is 17.3 Å². The van der Waals surface area contributed by atoms with Crippen molar-refractivity contribution in [3.63, 3.8) is 0 Å². The normalized spacial score (nSPS) is 19.6. The number of carbonyl (C=O) groups is 1. The third-order valence-electron chi connectivity index (χ3n) is 3.71. The summed E-state index contributed by atoms with van der Waals surface area (Å²) >= 11 is 0. The molecule has 2 rings (SSSR count). The van der Waals surface area contributed by atoms with Crippen LogP contribution in [0.15, 0.2) is 18.2 Å². The van der Waals surface area contributed by atoms with Crippen LogP contribution in [0.1, 0.15) is 18.4 Å². The van der Waals surface area contributed by atoms with Crippen LogP contribution in [-0.4, -0.2) is 41.7 Å². The fourth-order valence-corrected chi connectivity index (χ4v) is 2.47. The van der Waals surface area contributed by atoms with Crippen molar-refractivity contribution in [2.24, 2.45) is 0 Å². The molecule has 0 aliphatic carbocycles. The van der Waals surface area contributed by atoms with Gasteiger partial charge in [0.05, 0.1) is 13.2 Å². The van der Waals surface area contributed by atoms with Crippen molar-refractivity contribution in [1.29, 1.82) is 0 Å². The Balaban J connectivity index is 1.96. The molecular formula is C14H21N3O2. The quantitative estimate of drug-likeness (QED) is 0.707. The van der Waals surface area contributed by atoms with Crippen molar-refractivity contribution in [2.75, 3.05) is 30.7 Å². The SMILES string of the molecule is Cc1c(N)cccc1NC(=O)CN1CCCC1CO. The summed E-state index contributed by atoms with van der Waals surface area (Å²) in [5.41, 5.74) is 8.12. The van der Waals surface area contributed by atoms with E-state index in [1.54, 1.807) is 0 Å². The number of rotatable bonds is 4. The molecule has 0 radical (unpaired) electrons. The van der Waals surface area contributed by atoms with Gasteiger partial charge < -0.3 is 16.2 Å². The summed E-state index contributed by atoms with van der Waals surface area (Å²) in [6, 6.07) is 5.60. The lowest BCUT2D eigenvalue weighted by Crippen LogP contribution is -2.38. The van der Waals surface area contributed by atoms with E-state index in [1.807, 2.05) is 30.0 Å². The molecule has 0 bridgehead atoms. The zero-order valence-electron chi connectivity index (χ0n) is 11.2. The number of aliphatic hydroxyl groups is 1. The van der Waals surface area contributed by atoms with E-state index in [9.17, 15) is 9.90 Å². The second-order valence-electron chi connectivity index (χ2n) is 5.02. The van der Waals surface area contributed by atoms with Crippen LogP contribution in [0.4, 0.5) is 11.4 Å². The predicted molar refractivity (Wildman–Crippen MR) is 75.9 cm³/mol. The average Bonchev–Trinajstić information content (AvgIpc) is 2.82. The molecule has 0 spiro atoms. The Labute approximate surface area is 113 Å². The Morgan fingerprint density at radius 1 is 1.58 bits per heavy atom. The molecule has 104 valence electrons. The van der Waals surface area contributed by atoms with Gasteiger partial charge in [-0.15, -0.1) is 0 Å². The molecule has 19 heavy (non-hydrogen) atoms. The van der Waals surface area contributed by atoms with Gasteiger partial charge in [-0.3, -0.25) is 9.69 Å². The molecule has 1 aromatic carbocycles. The van der Waals surface area contributed by atoms with Crippen molar-refractivity contribution in [2.45, 2.75) is 25.8 Å². The van der Waals surface area contributed by atoms with Gasteiger partial charge in [-0.1, -0.05) is 6.07 Å². The first-order valence-electron chi connectivity index (χ1n) is 6.61. The molecular weight excluding hydrogens is 242 g/mol. The van der Waals surface area contributed by atoms with E-state index < -0.39 is 0 Å². The minimum absolute atomic E-state index is 0.0611. The van der Waals surface area contributed by atoms with Gasteiger partial charge in [0.15, 0.2) is 0 Å². The summed E-state index contributed by atoms with van der Waals surface area (Å²) in [6.07, 6.45) is 2.00. The molecule has 1 aliphatic heterocycles. The van der Waals surface area contributed by atoms with Crippen molar-refractivity contribution in [3.05, 3.63) is 23.8 Å². The summed E-state index contributed by atoms with van der Waals surface area (Å²) in [5, 5.41) is 12.1. The number of benzene rings is 1. The third-order valence-corrected chi connectivity index (χ3v) is 3.71. The smallest absolute Gasteiger partial charge is 0.238 e. The van der Waals surface area contributed by atoms with Crippen LogP contribution in [0.5, 0.6) is 0 Å². The molecule has 1 aliphatic rings. The number of nitrogen functional groups attached to an aromatic ring is 1. The van der Waals surface area contributed by atoms with Crippen LogP contribution in [-0.2, 0) is 4.79 Å². The molecule has 1 atom stereocenters. The second kappa shape index (κ2) is 6.04. The summed E-state index contributed by atoms with van der Waals surface area (Å²) in [5.74, 6) is -0.0611. The highest BCUT2D eigenvalue weighted by atomic mass is 16.3. The number of aliphatic hydroxyl groups excluding tert-OH is 1. The summed E-state index contributed by atoms with van der Waals surface area (Å²) < 4.78 is 0. The third kappa shape index (κ3) is 3.24. The van der Waals surface area contributed by atoms with E-state index in [2.05, 4.69) is 5.32 Å². The fraction of sp³-hybridized carbons (Fsp3) is 0.500. The number of carbonyl (C=O) groups excluding carboxylic acids is 1. The monoisotopic (exact) mass is 263 g/mol. The van der Waals surface area contributed by atoms with Crippen molar-refractivity contribution < 1.29 is 9.90 Å². The van der Waals surface area contributed by atoms with E-state index in [0.29, 0.717) is 12.2 Å². The van der Waals surface area contributed by atoms with Crippen LogP contribution in [0.25, 0.3) is 0 Å². The standard InChI is InChI=1S/C14H21N3O2/c1-10-12(15)5-2-6-13(10)16-14(19)8-17-7-3-4-11(17)9-18/h2,5-6,11,18H,3-4,7-9,15H2,1H3,(H,16,19). The topological polar surface area (TPSA) is 78.6 Å². The van der Waals surface area contributed by atoms with Crippen LogP contribution < -0.4 is 11.1 Å². The summed E-state index contributed by atoms with van der Waals surface area (Å²) in [6.45, 7) is 3.19. The van der Waals surface area contributed by atoms with Crippen LogP contribution >= 0.6 is 0 Å². The van der Waals surface area contributed by atoms with Gasteiger partial charge in [-0.25, -0.2) is 0 Å². The Hall–Kier alpha value is -1.59. The lowest BCUT2D eigenvalue weighted by molar-refractivity contribution is -0.117. The molecule has 1 heterocycles. The summed E-state index contributed by atoms with van der Waals surface area (Å²) in [7, 11) is 0. The molecule has 1 fully saturated rings. The number of hydrogen-bond donors (Lipinski definition) is 3. The zero-order chi connectivity index (χ0) is 13.8. The van der Waals surface area contributed by atoms with Gasteiger partial charge in [-0.05, 0) is 44.0 Å². The van der Waals surface area contributed by atoms with Gasteiger partial charge in [0.25, 0.3) is 0 Å². The van der Waals surface area contributed by atoms with Gasteiger partial charge >= 0.3 is 0 Å². The number of nitrogens with one attached hydrogen (secondary N) is 1. The van der Waals surface area contributed by atoms with E-state index in [1.165, 1.54) is 0 Å². The maximum atomic E-state index is 12.0. The van der Waals surface area contributed by atoms with Crippen LogP contribution in [0.2, 0.25) is 0 Å². The van der Waals surface area contributed by atoms with Gasteiger partial charge in [-0.2, -0.15) is 0 Å². The lowest BCUT2D eigenvalue weighted by atomic mass is 10.1. The molecule has 1 unspecified atom stereocenters. The number of hydrogen-bond acceptors (Lipinski definition) is 4. The summed E-state index contributed by atoms with van der Waals surface area (Å²) in [4.78, 5) is 14.0. The first-order valence-corrected chi connectivity index (χ1v) is 6.61. The maximum Gasteiger partial charge on any atom is 0.238 e. The highest BCUT2D eigenvalue weighted by Crippen LogP contribution is 2.21. The number of amides is 1. The number of anilines is 2. The Morgan fingerprint density at radius 2 is 2.37 bits per heavy atom. The second-order valence-corrected chi connectivity index (χ2v) is 5.02. The highest BCUT2D eigenvalue weighted by Gasteiger charge is 2.25. The minimum atomic E-state index is -0.0611. The minimum Gasteiger partial charge on any atom is -0.398 e. The van der Waals surface area contributed by atoms with Crippen LogP contribution in [0, 0.1) is 6.92 Å². The van der Waals surface area contributed by atoms with E-state index >= 15 is 0 Å². The molecule has 0 aromatic heterocycles. The maximum absolute atomic E-state index is 12.0. The Morgan fingerprint density at radius 3 is 3.11 bits per heavy atom. The van der Waals surface area contributed by atoms with Gasteiger partial charge in [0, 0.05) is 17.4 Å². The fourth-order valence-electron chi connectivity index (χ4n) is 2.47. The Bertz CT molecular complexity index is 462. The molecule has 4 N–H and O–H groups in total. The average molecular weight is 263 g/mol. The van der Waals surface area contributed by atoms with E-state index in [-0.39, 0.29) is 18.6 Å². The number of nitrogens with zero attached hydrogens (tertiary/aromatic N) is 1. The molecule has 1 saturated heterocycles. The lowest BCUT2D eigenvalue weighted by Gasteiger charge is -2.22. The highest BCUT2D eigenvalue weighted by molar-refractivity contribution is 5.93.